The summed E-state index contributed by atoms with van der Waals surface area (Å²) in [6.45, 7) is 0.357. The fourth-order valence-corrected chi connectivity index (χ4v) is 5.18. The summed E-state index contributed by atoms with van der Waals surface area (Å²) in [4.78, 5) is 23.0. The first-order chi connectivity index (χ1) is 17.4. The maximum atomic E-state index is 13.9. The highest BCUT2D eigenvalue weighted by Gasteiger charge is 2.39. The normalized spacial score (nSPS) is 18.2. The second-order valence-corrected chi connectivity index (χ2v) is 9.36. The summed E-state index contributed by atoms with van der Waals surface area (Å²) >= 11 is 0. The number of aromatic nitrogens is 6. The van der Waals surface area contributed by atoms with Gasteiger partial charge in [-0.25, -0.2) is 14.0 Å². The Labute approximate surface area is 202 Å². The van der Waals surface area contributed by atoms with E-state index in [1.165, 1.54) is 34.7 Å². The number of fused-ring (bicyclic) bond motifs is 3. The van der Waals surface area contributed by atoms with E-state index in [1.807, 2.05) is 18.3 Å². The van der Waals surface area contributed by atoms with Gasteiger partial charge in [0.15, 0.2) is 0 Å². The molecule has 1 aliphatic heterocycles. The molecule has 5 aromatic rings. The molecule has 0 unspecified atom stereocenters. The number of aromatic amines is 1. The molecule has 0 bridgehead atoms. The van der Waals surface area contributed by atoms with Gasteiger partial charge in [-0.05, 0) is 48.6 Å². The van der Waals surface area contributed by atoms with Gasteiger partial charge in [-0.15, -0.1) is 0 Å². The largest absolute Gasteiger partial charge is 0.418 e. The summed E-state index contributed by atoms with van der Waals surface area (Å²) in [6.07, 6.45) is 4.86. The molecule has 1 fully saturated rings. The second kappa shape index (κ2) is 7.42. The number of halogens is 3. The van der Waals surface area contributed by atoms with Crippen LogP contribution in [0.25, 0.3) is 11.0 Å². The highest BCUT2D eigenvalue weighted by Crippen LogP contribution is 2.40. The molecule has 7 rings (SSSR count). The van der Waals surface area contributed by atoms with Crippen molar-refractivity contribution < 1.29 is 18.0 Å². The van der Waals surface area contributed by atoms with E-state index in [9.17, 15) is 18.0 Å². The lowest BCUT2D eigenvalue weighted by atomic mass is 9.98. The summed E-state index contributed by atoms with van der Waals surface area (Å²) in [6, 6.07) is 6.94. The van der Waals surface area contributed by atoms with Crippen LogP contribution in [-0.4, -0.2) is 46.5 Å². The Bertz CT molecular complexity index is 1640. The van der Waals surface area contributed by atoms with Gasteiger partial charge in [-0.2, -0.15) is 23.4 Å². The Kier molecular flexibility index (Phi) is 4.36. The number of hydrogen-bond donors (Lipinski definition) is 1. The summed E-state index contributed by atoms with van der Waals surface area (Å²) < 4.78 is 43.9. The molecule has 11 heteroatoms. The van der Waals surface area contributed by atoms with Crippen LogP contribution in [0.2, 0.25) is 0 Å². The molecular weight excluding hydrogens is 471 g/mol. The fourth-order valence-electron chi connectivity index (χ4n) is 5.18. The maximum Gasteiger partial charge on any atom is 0.418 e. The number of carbonyl (C=O) groups is 1. The molecule has 1 atom stereocenters. The third kappa shape index (κ3) is 3.22. The molecule has 0 aromatic carbocycles. The van der Waals surface area contributed by atoms with Crippen molar-refractivity contribution in [3.05, 3.63) is 89.0 Å². The van der Waals surface area contributed by atoms with Gasteiger partial charge >= 0.3 is 6.18 Å². The molecule has 36 heavy (non-hydrogen) atoms. The van der Waals surface area contributed by atoms with Gasteiger partial charge in [-0.1, -0.05) is 6.07 Å². The first-order valence-electron chi connectivity index (χ1n) is 11.7. The lowest BCUT2D eigenvalue weighted by molar-refractivity contribution is -0.136. The van der Waals surface area contributed by atoms with Gasteiger partial charge in [-0.3, -0.25) is 4.79 Å². The zero-order chi connectivity index (χ0) is 24.6. The molecule has 6 heterocycles. The average molecular weight is 491 g/mol. The predicted molar refractivity (Wildman–Crippen MR) is 123 cm³/mol. The van der Waals surface area contributed by atoms with Crippen LogP contribution in [0.15, 0.2) is 55.2 Å². The van der Waals surface area contributed by atoms with Crippen LogP contribution in [0, 0.1) is 0 Å². The van der Waals surface area contributed by atoms with Gasteiger partial charge < -0.3 is 9.88 Å². The third-order valence-electron chi connectivity index (χ3n) is 7.11. The van der Waals surface area contributed by atoms with E-state index in [-0.39, 0.29) is 11.4 Å². The van der Waals surface area contributed by atoms with E-state index >= 15 is 0 Å². The lowest BCUT2D eigenvalue weighted by Gasteiger charge is -2.33. The minimum Gasteiger partial charge on any atom is -0.348 e. The summed E-state index contributed by atoms with van der Waals surface area (Å²) in [5, 5.41) is 8.86. The van der Waals surface area contributed by atoms with Crippen molar-refractivity contribution in [3.8, 4) is 0 Å². The Morgan fingerprint density at radius 1 is 1.11 bits per heavy atom. The van der Waals surface area contributed by atoms with Crippen LogP contribution in [0.3, 0.4) is 0 Å². The number of H-pyrrole nitrogens is 1. The number of nitrogens with one attached hydrogen (secondary N) is 1. The maximum absolute atomic E-state index is 13.9. The molecule has 2 aliphatic rings. The number of rotatable bonds is 3. The Morgan fingerprint density at radius 2 is 1.97 bits per heavy atom. The molecule has 1 aliphatic carbocycles. The van der Waals surface area contributed by atoms with Crippen molar-refractivity contribution >= 4 is 16.9 Å². The van der Waals surface area contributed by atoms with E-state index in [2.05, 4.69) is 20.2 Å². The summed E-state index contributed by atoms with van der Waals surface area (Å²) in [5.74, 6) is 0.287. The van der Waals surface area contributed by atoms with Crippen LogP contribution in [0.1, 0.15) is 63.4 Å². The van der Waals surface area contributed by atoms with Crippen molar-refractivity contribution in [1.82, 2.24) is 34.1 Å². The SMILES string of the molecule is O=C(c1cnn2cc(C3CC3)ccc12)N1CCc2[nH]cnc2[C@H]1c1cc2c(C(F)(F)F)cccn2n1. The van der Waals surface area contributed by atoms with Crippen LogP contribution >= 0.6 is 0 Å². The smallest absolute Gasteiger partial charge is 0.348 e. The zero-order valence-corrected chi connectivity index (χ0v) is 18.9. The fraction of sp³-hybridized carbons (Fsp3) is 0.280. The number of nitrogens with zero attached hydrogens (tertiary/aromatic N) is 6. The molecule has 0 saturated heterocycles. The van der Waals surface area contributed by atoms with Crippen LogP contribution in [0.5, 0.6) is 0 Å². The van der Waals surface area contributed by atoms with Crippen molar-refractivity contribution in [2.45, 2.75) is 37.4 Å². The molecule has 1 saturated carbocycles. The number of hydrogen-bond acceptors (Lipinski definition) is 4. The standard InChI is InChI=1S/C25H20F3N7O/c26-25(27,28)17-2-1-8-34-21(17)10-19(32-34)23-22-18(29-13-30-22)7-9-33(23)24(36)16-11-31-35-12-15(14-3-4-14)5-6-20(16)35/h1-2,5-6,8,10-14,23H,3-4,7,9H2,(H,29,30)/t23-/m1/s1. The lowest BCUT2D eigenvalue weighted by Crippen LogP contribution is -2.41. The van der Waals surface area contributed by atoms with Crippen LogP contribution in [0.4, 0.5) is 13.2 Å². The number of alkyl halides is 3. The van der Waals surface area contributed by atoms with E-state index in [4.69, 9.17) is 0 Å². The highest BCUT2D eigenvalue weighted by molar-refractivity contribution is 6.01. The molecule has 182 valence electrons. The zero-order valence-electron chi connectivity index (χ0n) is 18.9. The Hall–Kier alpha value is -4.15. The third-order valence-corrected chi connectivity index (χ3v) is 7.11. The first-order valence-corrected chi connectivity index (χ1v) is 11.7. The Morgan fingerprint density at radius 3 is 2.78 bits per heavy atom. The molecule has 5 aromatic heterocycles. The summed E-state index contributed by atoms with van der Waals surface area (Å²) in [7, 11) is 0. The monoisotopic (exact) mass is 491 g/mol. The molecular formula is C25H20F3N7O. The first kappa shape index (κ1) is 21.2. The van der Waals surface area contributed by atoms with Crippen molar-refractivity contribution in [1.29, 1.82) is 0 Å². The van der Waals surface area contributed by atoms with Crippen LogP contribution < -0.4 is 0 Å². The van der Waals surface area contributed by atoms with E-state index < -0.39 is 17.8 Å². The van der Waals surface area contributed by atoms with Gasteiger partial charge in [0.2, 0.25) is 0 Å². The Balaban J connectivity index is 1.33. The van der Waals surface area contributed by atoms with Crippen molar-refractivity contribution in [2.24, 2.45) is 0 Å². The van der Waals surface area contributed by atoms with E-state index in [0.717, 1.165) is 24.6 Å². The molecule has 1 amide bonds. The predicted octanol–water partition coefficient (Wildman–Crippen LogP) is 4.39. The van der Waals surface area contributed by atoms with E-state index in [1.54, 1.807) is 15.6 Å². The molecule has 0 spiro atoms. The number of pyridine rings is 2. The van der Waals surface area contributed by atoms with Crippen molar-refractivity contribution in [3.63, 3.8) is 0 Å². The topological polar surface area (TPSA) is 83.6 Å². The minimum atomic E-state index is -4.53. The molecule has 0 radical (unpaired) electrons. The summed E-state index contributed by atoms with van der Waals surface area (Å²) in [5.41, 5.74) is 3.20. The van der Waals surface area contributed by atoms with Crippen molar-refractivity contribution in [2.75, 3.05) is 6.54 Å². The highest BCUT2D eigenvalue weighted by atomic mass is 19.4. The van der Waals surface area contributed by atoms with Gasteiger partial charge in [0.1, 0.15) is 6.04 Å². The van der Waals surface area contributed by atoms with Gasteiger partial charge in [0.25, 0.3) is 5.91 Å². The minimum absolute atomic E-state index is 0.0707. The second-order valence-electron chi connectivity index (χ2n) is 9.36. The van der Waals surface area contributed by atoms with Gasteiger partial charge in [0, 0.05) is 31.1 Å². The molecule has 8 nitrogen and oxygen atoms in total. The molecule has 1 N–H and O–H groups in total. The number of carbonyl (C=O) groups excluding carboxylic acids is 1. The average Bonchev–Trinajstić information content (AvgIpc) is 3.26. The van der Waals surface area contributed by atoms with E-state index in [0.29, 0.717) is 41.4 Å². The van der Waals surface area contributed by atoms with Gasteiger partial charge in [0.05, 0.1) is 46.1 Å². The quantitative estimate of drug-likeness (QED) is 0.406. The number of amides is 1. The number of imidazole rings is 1. The van der Waals surface area contributed by atoms with Crippen LogP contribution in [-0.2, 0) is 12.6 Å².